The Morgan fingerprint density at radius 1 is 1.50 bits per heavy atom. The minimum absolute atomic E-state index is 0.00100. The molecule has 0 spiro atoms. The van der Waals surface area contributed by atoms with Gasteiger partial charge in [-0.2, -0.15) is 0 Å². The Kier molecular flexibility index (Phi) is 4.04. The zero-order valence-electron chi connectivity index (χ0n) is 10.2. The fraction of sp³-hybridized carbons (Fsp3) is 0.462. The molecule has 1 aromatic carbocycles. The van der Waals surface area contributed by atoms with E-state index in [-0.39, 0.29) is 23.8 Å². The van der Waals surface area contributed by atoms with Crippen molar-refractivity contribution in [2.24, 2.45) is 0 Å². The topological polar surface area (TPSA) is 32.3 Å². The molecular weight excluding hydrogens is 238 g/mol. The highest BCUT2D eigenvalue weighted by molar-refractivity contribution is 5.96. The molecule has 1 aliphatic heterocycles. The molecule has 1 aromatic rings. The Balaban J connectivity index is 2.05. The largest absolute Gasteiger partial charge is 0.311 e. The number of nitrogens with zero attached hydrogens (tertiary/aromatic N) is 1. The van der Waals surface area contributed by atoms with Crippen LogP contribution >= 0.6 is 0 Å². The smallest absolute Gasteiger partial charge is 0.167 e. The van der Waals surface area contributed by atoms with Gasteiger partial charge in [0.15, 0.2) is 5.78 Å². The quantitative estimate of drug-likeness (QED) is 0.828. The molecule has 0 radical (unpaired) electrons. The number of rotatable bonds is 3. The highest BCUT2D eigenvalue weighted by Gasteiger charge is 2.21. The molecular formula is C13H16F2N2O. The van der Waals surface area contributed by atoms with Crippen molar-refractivity contribution in [3.63, 3.8) is 0 Å². The van der Waals surface area contributed by atoms with Crippen molar-refractivity contribution in [3.05, 3.63) is 35.4 Å². The standard InChI is InChI=1S/C13H16F2N2O/c1-17-5-4-16-10(8-17)7-13(18)11-6-9(14)2-3-12(11)15/h2-3,6,10,16H,4-5,7-8H2,1H3. The molecule has 1 aliphatic rings. The highest BCUT2D eigenvalue weighted by atomic mass is 19.1. The summed E-state index contributed by atoms with van der Waals surface area (Å²) in [6, 6.07) is 2.96. The third-order valence-electron chi connectivity index (χ3n) is 3.12. The van der Waals surface area contributed by atoms with E-state index in [2.05, 4.69) is 10.2 Å². The average molecular weight is 254 g/mol. The second-order valence-electron chi connectivity index (χ2n) is 4.66. The van der Waals surface area contributed by atoms with Crippen LogP contribution in [0.25, 0.3) is 0 Å². The lowest BCUT2D eigenvalue weighted by Gasteiger charge is -2.30. The Hall–Kier alpha value is -1.33. The minimum Gasteiger partial charge on any atom is -0.311 e. The van der Waals surface area contributed by atoms with Gasteiger partial charge in [0, 0.05) is 32.1 Å². The second-order valence-corrected chi connectivity index (χ2v) is 4.66. The summed E-state index contributed by atoms with van der Waals surface area (Å²) in [5.41, 5.74) is -0.162. The molecule has 2 rings (SSSR count). The van der Waals surface area contributed by atoms with Crippen molar-refractivity contribution in [1.29, 1.82) is 0 Å². The van der Waals surface area contributed by atoms with Crippen molar-refractivity contribution in [2.45, 2.75) is 12.5 Å². The predicted octanol–water partition coefficient (Wildman–Crippen LogP) is 1.44. The van der Waals surface area contributed by atoms with Crippen LogP contribution < -0.4 is 5.32 Å². The number of hydrogen-bond acceptors (Lipinski definition) is 3. The molecule has 0 aliphatic carbocycles. The van der Waals surface area contributed by atoms with Gasteiger partial charge in [0.1, 0.15) is 11.6 Å². The molecule has 1 N–H and O–H groups in total. The van der Waals surface area contributed by atoms with Gasteiger partial charge in [-0.25, -0.2) is 8.78 Å². The number of piperazine rings is 1. The van der Waals surface area contributed by atoms with Gasteiger partial charge in [0.25, 0.3) is 0 Å². The number of carbonyl (C=O) groups excluding carboxylic acids is 1. The summed E-state index contributed by atoms with van der Waals surface area (Å²) in [7, 11) is 1.97. The first-order chi connectivity index (χ1) is 8.56. The number of carbonyl (C=O) groups is 1. The Morgan fingerprint density at radius 3 is 3.00 bits per heavy atom. The zero-order chi connectivity index (χ0) is 13.1. The Labute approximate surface area is 105 Å². The van der Waals surface area contributed by atoms with Gasteiger partial charge < -0.3 is 10.2 Å². The van der Waals surface area contributed by atoms with Crippen LogP contribution in [-0.2, 0) is 0 Å². The molecule has 1 unspecified atom stereocenters. The highest BCUT2D eigenvalue weighted by Crippen LogP contribution is 2.14. The first kappa shape index (κ1) is 13.1. The molecule has 18 heavy (non-hydrogen) atoms. The Morgan fingerprint density at radius 2 is 2.28 bits per heavy atom. The fourth-order valence-corrected chi connectivity index (χ4v) is 2.17. The normalized spacial score (nSPS) is 20.9. The van der Waals surface area contributed by atoms with E-state index in [1.165, 1.54) is 0 Å². The first-order valence-corrected chi connectivity index (χ1v) is 5.96. The van der Waals surface area contributed by atoms with Crippen LogP contribution in [0.4, 0.5) is 8.78 Å². The molecule has 0 amide bonds. The summed E-state index contributed by atoms with van der Waals surface area (Å²) in [6.07, 6.45) is 0.185. The zero-order valence-corrected chi connectivity index (χ0v) is 10.2. The van der Waals surface area contributed by atoms with Crippen LogP contribution in [0, 0.1) is 11.6 Å². The van der Waals surface area contributed by atoms with Gasteiger partial charge in [-0.3, -0.25) is 4.79 Å². The van der Waals surface area contributed by atoms with Crippen LogP contribution in [0.15, 0.2) is 18.2 Å². The molecule has 0 saturated carbocycles. The van der Waals surface area contributed by atoms with Crippen molar-refractivity contribution >= 4 is 5.78 Å². The maximum atomic E-state index is 13.4. The number of hydrogen-bond donors (Lipinski definition) is 1. The van der Waals surface area contributed by atoms with Gasteiger partial charge in [-0.15, -0.1) is 0 Å². The van der Waals surface area contributed by atoms with Crippen LogP contribution in [0.3, 0.4) is 0 Å². The van der Waals surface area contributed by atoms with E-state index in [9.17, 15) is 13.6 Å². The van der Waals surface area contributed by atoms with E-state index in [0.29, 0.717) is 0 Å². The lowest BCUT2D eigenvalue weighted by Crippen LogP contribution is -2.49. The van der Waals surface area contributed by atoms with Gasteiger partial charge in [0.2, 0.25) is 0 Å². The number of benzene rings is 1. The van der Waals surface area contributed by atoms with E-state index in [4.69, 9.17) is 0 Å². The van der Waals surface area contributed by atoms with Crippen molar-refractivity contribution in [2.75, 3.05) is 26.7 Å². The van der Waals surface area contributed by atoms with Gasteiger partial charge in [-0.05, 0) is 25.2 Å². The molecule has 3 nitrogen and oxygen atoms in total. The lowest BCUT2D eigenvalue weighted by molar-refractivity contribution is 0.0947. The van der Waals surface area contributed by atoms with Crippen molar-refractivity contribution in [3.8, 4) is 0 Å². The summed E-state index contributed by atoms with van der Waals surface area (Å²) in [4.78, 5) is 14.0. The summed E-state index contributed by atoms with van der Waals surface area (Å²) >= 11 is 0. The van der Waals surface area contributed by atoms with Gasteiger partial charge in [-0.1, -0.05) is 0 Å². The second kappa shape index (κ2) is 5.54. The van der Waals surface area contributed by atoms with Crippen LogP contribution in [0.5, 0.6) is 0 Å². The van der Waals surface area contributed by atoms with E-state index in [0.717, 1.165) is 37.8 Å². The molecule has 0 aromatic heterocycles. The van der Waals surface area contributed by atoms with Crippen molar-refractivity contribution < 1.29 is 13.6 Å². The number of halogens is 2. The van der Waals surface area contributed by atoms with Crippen LogP contribution in [0.1, 0.15) is 16.8 Å². The maximum Gasteiger partial charge on any atom is 0.167 e. The fourth-order valence-electron chi connectivity index (χ4n) is 2.17. The summed E-state index contributed by atoms with van der Waals surface area (Å²) < 4.78 is 26.4. The van der Waals surface area contributed by atoms with Crippen LogP contribution in [-0.4, -0.2) is 43.4 Å². The number of likely N-dealkylation sites (N-methyl/N-ethyl adjacent to an activating group) is 1. The van der Waals surface area contributed by atoms with Crippen LogP contribution in [0.2, 0.25) is 0 Å². The molecule has 0 bridgehead atoms. The molecule has 98 valence electrons. The SMILES string of the molecule is CN1CCNC(CC(=O)c2cc(F)ccc2F)C1. The molecule has 5 heteroatoms. The van der Waals surface area contributed by atoms with Crippen molar-refractivity contribution in [1.82, 2.24) is 10.2 Å². The van der Waals surface area contributed by atoms with Gasteiger partial charge >= 0.3 is 0 Å². The molecule has 1 heterocycles. The Bertz CT molecular complexity index is 451. The molecule has 1 atom stereocenters. The van der Waals surface area contributed by atoms with E-state index in [1.54, 1.807) is 0 Å². The third kappa shape index (κ3) is 3.11. The summed E-state index contributed by atoms with van der Waals surface area (Å²) in [6.45, 7) is 2.47. The molecule has 1 saturated heterocycles. The number of nitrogens with one attached hydrogen (secondary N) is 1. The number of Topliss-reactive ketones (excluding diaryl/α,β-unsaturated/α-hetero) is 1. The maximum absolute atomic E-state index is 13.4. The third-order valence-corrected chi connectivity index (χ3v) is 3.12. The average Bonchev–Trinajstić information content (AvgIpc) is 2.32. The van der Waals surface area contributed by atoms with E-state index in [1.807, 2.05) is 7.05 Å². The first-order valence-electron chi connectivity index (χ1n) is 5.96. The summed E-state index contributed by atoms with van der Waals surface area (Å²) in [5.74, 6) is -1.61. The summed E-state index contributed by atoms with van der Waals surface area (Å²) in [5, 5.41) is 3.21. The van der Waals surface area contributed by atoms with E-state index >= 15 is 0 Å². The van der Waals surface area contributed by atoms with Gasteiger partial charge in [0.05, 0.1) is 5.56 Å². The molecule has 1 fully saturated rings. The lowest BCUT2D eigenvalue weighted by atomic mass is 10.0. The minimum atomic E-state index is -0.662. The monoisotopic (exact) mass is 254 g/mol. The van der Waals surface area contributed by atoms with E-state index < -0.39 is 11.6 Å². The predicted molar refractivity (Wildman–Crippen MR) is 64.6 cm³/mol. The number of ketones is 1.